The number of ether oxygens (including phenoxy) is 1. The number of carbonyl (C=O) groups excluding carboxylic acids is 3. The SMILES string of the molecule is CNC(=O)c1ccc(N2CCN(CC3CCN(c4ccc(C5c6ccc(O)cc6OCC5c5ccc(F)c(C)c5)cc4)CC3)CC2)cc1CC1CCC(=O)NC1=O. The third-order valence-corrected chi connectivity index (χ3v) is 12.6. The van der Waals surface area contributed by atoms with Gasteiger partial charge in [0, 0.05) is 106 Å². The first kappa shape index (κ1) is 38.5. The van der Waals surface area contributed by atoms with Gasteiger partial charge in [-0.2, -0.15) is 0 Å². The van der Waals surface area contributed by atoms with Crippen LogP contribution in [-0.2, 0) is 16.0 Å². The van der Waals surface area contributed by atoms with Gasteiger partial charge in [0.25, 0.3) is 5.91 Å². The van der Waals surface area contributed by atoms with Gasteiger partial charge in [-0.3, -0.25) is 24.6 Å². The van der Waals surface area contributed by atoms with Crippen molar-refractivity contribution in [3.63, 3.8) is 0 Å². The second-order valence-electron chi connectivity index (χ2n) is 16.2. The number of benzene rings is 4. The predicted molar refractivity (Wildman–Crippen MR) is 219 cm³/mol. The Hall–Kier alpha value is -5.42. The third-order valence-electron chi connectivity index (χ3n) is 12.6. The van der Waals surface area contributed by atoms with Gasteiger partial charge in [-0.1, -0.05) is 30.3 Å². The number of phenolic OH excluding ortho intramolecular Hbond substituents is 1. The molecule has 4 heterocycles. The van der Waals surface area contributed by atoms with Crippen molar-refractivity contribution >= 4 is 29.1 Å². The van der Waals surface area contributed by atoms with Crippen molar-refractivity contribution in [2.45, 2.75) is 50.9 Å². The Balaban J connectivity index is 0.867. The molecule has 0 aromatic heterocycles. The van der Waals surface area contributed by atoms with Crippen LogP contribution < -0.4 is 25.2 Å². The molecule has 298 valence electrons. The van der Waals surface area contributed by atoms with Gasteiger partial charge in [-0.15, -0.1) is 0 Å². The molecule has 4 aromatic rings. The van der Waals surface area contributed by atoms with Gasteiger partial charge in [0.05, 0.1) is 6.61 Å². The molecule has 0 spiro atoms. The van der Waals surface area contributed by atoms with Gasteiger partial charge < -0.3 is 25.0 Å². The van der Waals surface area contributed by atoms with E-state index in [-0.39, 0.29) is 47.0 Å². The number of aryl methyl sites for hydroxylation is 1. The number of carbonyl (C=O) groups is 3. The fraction of sp³-hybridized carbons (Fsp3) is 0.413. The first-order valence-electron chi connectivity index (χ1n) is 20.4. The number of halogens is 1. The highest BCUT2D eigenvalue weighted by molar-refractivity contribution is 5.99. The maximum absolute atomic E-state index is 14.2. The normalized spacial score (nSPS) is 21.8. The highest BCUT2D eigenvalue weighted by Gasteiger charge is 2.35. The molecule has 4 aliphatic heterocycles. The third kappa shape index (κ3) is 8.35. The van der Waals surface area contributed by atoms with Crippen LogP contribution in [0.4, 0.5) is 15.8 Å². The molecule has 4 aromatic carbocycles. The number of rotatable bonds is 9. The minimum absolute atomic E-state index is 0.00118. The molecule has 3 amide bonds. The molecule has 4 aliphatic rings. The van der Waals surface area contributed by atoms with E-state index in [0.29, 0.717) is 48.7 Å². The highest BCUT2D eigenvalue weighted by atomic mass is 19.1. The summed E-state index contributed by atoms with van der Waals surface area (Å²) in [6.45, 7) is 9.05. The number of fused-ring (bicyclic) bond motifs is 1. The van der Waals surface area contributed by atoms with Crippen molar-refractivity contribution in [2.75, 3.05) is 69.3 Å². The summed E-state index contributed by atoms with van der Waals surface area (Å²) < 4.78 is 20.4. The lowest BCUT2D eigenvalue weighted by atomic mass is 9.75. The van der Waals surface area contributed by atoms with Crippen molar-refractivity contribution < 1.29 is 28.6 Å². The number of nitrogens with one attached hydrogen (secondary N) is 2. The van der Waals surface area contributed by atoms with Gasteiger partial charge in [0.2, 0.25) is 11.8 Å². The van der Waals surface area contributed by atoms with E-state index in [2.05, 4.69) is 55.7 Å². The van der Waals surface area contributed by atoms with Gasteiger partial charge in [0.1, 0.15) is 17.3 Å². The summed E-state index contributed by atoms with van der Waals surface area (Å²) in [4.78, 5) is 44.4. The Kier molecular flexibility index (Phi) is 11.2. The van der Waals surface area contributed by atoms with Crippen LogP contribution in [0.15, 0.2) is 78.9 Å². The van der Waals surface area contributed by atoms with Crippen molar-refractivity contribution in [3.8, 4) is 11.5 Å². The fourth-order valence-corrected chi connectivity index (χ4v) is 9.32. The summed E-state index contributed by atoms with van der Waals surface area (Å²) in [7, 11) is 1.61. The number of hydrogen-bond acceptors (Lipinski definition) is 8. The Morgan fingerprint density at radius 2 is 1.58 bits per heavy atom. The topological polar surface area (TPSA) is 114 Å². The van der Waals surface area contributed by atoms with Crippen LogP contribution in [0, 0.1) is 24.6 Å². The molecule has 10 nitrogen and oxygen atoms in total. The number of piperidine rings is 2. The number of nitrogens with zero attached hydrogens (tertiary/aromatic N) is 3. The van der Waals surface area contributed by atoms with Crippen LogP contribution in [0.3, 0.4) is 0 Å². The zero-order valence-corrected chi connectivity index (χ0v) is 32.8. The number of anilines is 2. The average Bonchev–Trinajstić information content (AvgIpc) is 3.23. The van der Waals surface area contributed by atoms with E-state index < -0.39 is 0 Å². The summed E-state index contributed by atoms with van der Waals surface area (Å²) in [6.07, 6.45) is 3.50. The fourth-order valence-electron chi connectivity index (χ4n) is 9.32. The summed E-state index contributed by atoms with van der Waals surface area (Å²) in [5.41, 5.74) is 7.54. The summed E-state index contributed by atoms with van der Waals surface area (Å²) in [6, 6.07) is 25.5. The molecule has 8 rings (SSSR count). The van der Waals surface area contributed by atoms with E-state index >= 15 is 0 Å². The monoisotopic (exact) mass is 773 g/mol. The van der Waals surface area contributed by atoms with Crippen LogP contribution in [-0.4, -0.2) is 87.2 Å². The zero-order valence-electron chi connectivity index (χ0n) is 32.8. The molecule has 11 heteroatoms. The quantitative estimate of drug-likeness (QED) is 0.174. The Morgan fingerprint density at radius 3 is 2.30 bits per heavy atom. The van der Waals surface area contributed by atoms with E-state index in [1.807, 2.05) is 30.3 Å². The number of amides is 3. The molecule has 3 N–H and O–H groups in total. The van der Waals surface area contributed by atoms with Gasteiger partial charge in [0.15, 0.2) is 0 Å². The molecule has 0 radical (unpaired) electrons. The molecular formula is C46H52FN5O5. The first-order valence-corrected chi connectivity index (χ1v) is 20.4. The largest absolute Gasteiger partial charge is 0.508 e. The predicted octanol–water partition coefficient (Wildman–Crippen LogP) is 6.14. The smallest absolute Gasteiger partial charge is 0.251 e. The molecule has 0 bridgehead atoms. The maximum Gasteiger partial charge on any atom is 0.251 e. The molecule has 57 heavy (non-hydrogen) atoms. The average molecular weight is 774 g/mol. The highest BCUT2D eigenvalue weighted by Crippen LogP contribution is 2.47. The van der Waals surface area contributed by atoms with Gasteiger partial charge >= 0.3 is 0 Å². The lowest BCUT2D eigenvalue weighted by Crippen LogP contribution is -2.49. The van der Waals surface area contributed by atoms with Gasteiger partial charge in [-0.05, 0) is 103 Å². The number of aromatic hydroxyl groups is 1. The maximum atomic E-state index is 14.2. The molecule has 3 atom stereocenters. The number of hydrogen-bond donors (Lipinski definition) is 3. The van der Waals surface area contributed by atoms with Crippen LogP contribution in [0.2, 0.25) is 0 Å². The van der Waals surface area contributed by atoms with Crippen molar-refractivity contribution in [3.05, 3.63) is 118 Å². The zero-order chi connectivity index (χ0) is 39.6. The number of imide groups is 1. The molecule has 0 aliphatic carbocycles. The van der Waals surface area contributed by atoms with E-state index in [0.717, 1.165) is 81.0 Å². The van der Waals surface area contributed by atoms with Gasteiger partial charge in [-0.25, -0.2) is 4.39 Å². The Bertz CT molecular complexity index is 2130. The van der Waals surface area contributed by atoms with E-state index in [1.54, 1.807) is 32.2 Å². The van der Waals surface area contributed by atoms with E-state index in [1.165, 1.54) is 11.3 Å². The van der Waals surface area contributed by atoms with Crippen LogP contribution in [0.5, 0.6) is 11.5 Å². The van der Waals surface area contributed by atoms with E-state index in [9.17, 15) is 23.9 Å². The summed E-state index contributed by atoms with van der Waals surface area (Å²) >= 11 is 0. The number of phenols is 1. The summed E-state index contributed by atoms with van der Waals surface area (Å²) in [5.74, 6) is 0.290. The minimum atomic E-state index is -0.331. The second-order valence-corrected chi connectivity index (χ2v) is 16.2. The molecule has 3 fully saturated rings. The molecule has 3 unspecified atom stereocenters. The van der Waals surface area contributed by atoms with Crippen molar-refractivity contribution in [1.29, 1.82) is 0 Å². The lowest BCUT2D eigenvalue weighted by molar-refractivity contribution is -0.136. The van der Waals surface area contributed by atoms with Crippen LogP contribution in [0.25, 0.3) is 0 Å². The molecular weight excluding hydrogens is 722 g/mol. The lowest BCUT2D eigenvalue weighted by Gasteiger charge is -2.40. The number of piperazine rings is 1. The minimum Gasteiger partial charge on any atom is -0.508 e. The standard InChI is InChI=1S/C46H52FN5O5/c1-29-23-32(5-13-41(29)47)40-28-57-42-26-37(53)10-12-39(42)44(40)31-3-7-35(8-4-31)51-17-15-30(16-18-51)27-50-19-21-52(22-20-50)36-9-11-38(46(56)48-2)34(25-36)24-33-6-14-43(54)49-45(33)55/h3-5,7-13,23,25-26,30,33,40,44,53H,6,14-22,24,27-28H2,1-2H3,(H,48,56)(H,49,54,55). The first-order chi connectivity index (χ1) is 27.6. The van der Waals surface area contributed by atoms with Crippen molar-refractivity contribution in [2.24, 2.45) is 11.8 Å². The molecule has 3 saturated heterocycles. The van der Waals surface area contributed by atoms with Crippen molar-refractivity contribution in [1.82, 2.24) is 15.5 Å². The molecule has 0 saturated carbocycles. The van der Waals surface area contributed by atoms with E-state index in [4.69, 9.17) is 4.74 Å². The Labute approximate surface area is 334 Å². The Morgan fingerprint density at radius 1 is 0.860 bits per heavy atom. The van der Waals surface area contributed by atoms with Crippen LogP contribution >= 0.6 is 0 Å². The van der Waals surface area contributed by atoms with Crippen LogP contribution in [0.1, 0.15) is 75.7 Å². The second kappa shape index (κ2) is 16.6. The summed E-state index contributed by atoms with van der Waals surface area (Å²) in [5, 5.41) is 15.3.